The van der Waals surface area contributed by atoms with Crippen LogP contribution in [0.1, 0.15) is 48.7 Å². The molecule has 0 fully saturated rings. The highest BCUT2D eigenvalue weighted by atomic mass is 32.1. The molecule has 2 N–H and O–H groups in total. The Morgan fingerprint density at radius 2 is 2.26 bits per heavy atom. The maximum Gasteiger partial charge on any atom is 0.291 e. The topological polar surface area (TPSA) is 70.7 Å². The molecule has 0 saturated heterocycles. The molecular formula is C13H18N4OS. The molecule has 0 saturated carbocycles. The summed E-state index contributed by atoms with van der Waals surface area (Å²) in [5.41, 5.74) is 1.23. The van der Waals surface area contributed by atoms with Crippen LogP contribution in [-0.2, 0) is 6.42 Å². The molecular weight excluding hydrogens is 260 g/mol. The van der Waals surface area contributed by atoms with Crippen LogP contribution >= 0.6 is 11.3 Å². The van der Waals surface area contributed by atoms with Gasteiger partial charge in [-0.3, -0.25) is 9.89 Å². The average molecular weight is 278 g/mol. The molecule has 0 radical (unpaired) electrons. The van der Waals surface area contributed by atoms with Crippen molar-refractivity contribution in [2.45, 2.75) is 39.2 Å². The van der Waals surface area contributed by atoms with Gasteiger partial charge in [0.15, 0.2) is 0 Å². The molecule has 19 heavy (non-hydrogen) atoms. The van der Waals surface area contributed by atoms with Gasteiger partial charge >= 0.3 is 0 Å². The van der Waals surface area contributed by atoms with Crippen molar-refractivity contribution in [2.75, 3.05) is 0 Å². The first-order valence-electron chi connectivity index (χ1n) is 6.30. The zero-order chi connectivity index (χ0) is 13.8. The smallest absolute Gasteiger partial charge is 0.291 e. The third-order valence-corrected chi connectivity index (χ3v) is 3.48. The van der Waals surface area contributed by atoms with E-state index in [0.717, 1.165) is 12.2 Å². The minimum Gasteiger partial charge on any atom is -0.346 e. The maximum atomic E-state index is 12.0. The minimum atomic E-state index is -0.231. The molecule has 2 aromatic rings. The van der Waals surface area contributed by atoms with E-state index in [-0.39, 0.29) is 23.7 Å². The van der Waals surface area contributed by atoms with Crippen LogP contribution in [0.3, 0.4) is 0 Å². The van der Waals surface area contributed by atoms with E-state index in [4.69, 9.17) is 0 Å². The summed E-state index contributed by atoms with van der Waals surface area (Å²) in [4.78, 5) is 16.1. The van der Waals surface area contributed by atoms with Crippen LogP contribution in [0.15, 0.2) is 16.8 Å². The van der Waals surface area contributed by atoms with Crippen molar-refractivity contribution in [1.29, 1.82) is 0 Å². The molecule has 2 heterocycles. The zero-order valence-corrected chi connectivity index (χ0v) is 12.1. The lowest BCUT2D eigenvalue weighted by molar-refractivity contribution is 0.0930. The first-order valence-corrected chi connectivity index (χ1v) is 7.24. The number of nitrogens with one attached hydrogen (secondary N) is 2. The summed E-state index contributed by atoms with van der Waals surface area (Å²) in [5.74, 6) is 0.944. The second-order valence-electron chi connectivity index (χ2n) is 4.91. The van der Waals surface area contributed by atoms with Gasteiger partial charge in [-0.05, 0) is 35.7 Å². The molecule has 0 spiro atoms. The Morgan fingerprint density at radius 1 is 1.47 bits per heavy atom. The molecule has 0 aromatic carbocycles. The van der Waals surface area contributed by atoms with Crippen molar-refractivity contribution in [3.8, 4) is 0 Å². The lowest BCUT2D eigenvalue weighted by Gasteiger charge is -2.11. The number of amides is 1. The number of aromatic nitrogens is 3. The number of hydrogen-bond donors (Lipinski definition) is 2. The lowest BCUT2D eigenvalue weighted by Crippen LogP contribution is -2.34. The highest BCUT2D eigenvalue weighted by Crippen LogP contribution is 2.10. The summed E-state index contributed by atoms with van der Waals surface area (Å²) in [5, 5.41) is 13.8. The number of carbonyl (C=O) groups is 1. The Hall–Kier alpha value is -1.69. The number of rotatable bonds is 5. The van der Waals surface area contributed by atoms with Crippen molar-refractivity contribution in [3.05, 3.63) is 34.0 Å². The van der Waals surface area contributed by atoms with Crippen LogP contribution in [0.2, 0.25) is 0 Å². The molecule has 6 heteroatoms. The Bertz CT molecular complexity index is 533. The Kier molecular flexibility index (Phi) is 4.31. The van der Waals surface area contributed by atoms with Gasteiger partial charge < -0.3 is 5.32 Å². The second-order valence-corrected chi connectivity index (χ2v) is 5.69. The first-order chi connectivity index (χ1) is 9.06. The second kappa shape index (κ2) is 5.97. The Balaban J connectivity index is 1.92. The van der Waals surface area contributed by atoms with E-state index in [1.54, 1.807) is 11.3 Å². The summed E-state index contributed by atoms with van der Waals surface area (Å²) in [6.45, 7) is 5.98. The maximum absolute atomic E-state index is 12.0. The van der Waals surface area contributed by atoms with Gasteiger partial charge in [0, 0.05) is 12.0 Å². The molecule has 0 aliphatic rings. The van der Waals surface area contributed by atoms with E-state index in [1.807, 2.05) is 26.2 Å². The summed E-state index contributed by atoms with van der Waals surface area (Å²) >= 11 is 1.66. The summed E-state index contributed by atoms with van der Waals surface area (Å²) in [6.07, 6.45) is 0.816. The van der Waals surface area contributed by atoms with E-state index in [1.165, 1.54) is 5.56 Å². The molecule has 0 aliphatic heterocycles. The Labute approximate surface area is 116 Å². The van der Waals surface area contributed by atoms with Gasteiger partial charge in [0.1, 0.15) is 5.82 Å². The number of H-pyrrole nitrogens is 1. The van der Waals surface area contributed by atoms with Gasteiger partial charge in [-0.1, -0.05) is 13.8 Å². The zero-order valence-electron chi connectivity index (χ0n) is 11.3. The third-order valence-electron chi connectivity index (χ3n) is 2.75. The van der Waals surface area contributed by atoms with Crippen molar-refractivity contribution >= 4 is 17.2 Å². The van der Waals surface area contributed by atoms with Crippen LogP contribution in [0.4, 0.5) is 0 Å². The van der Waals surface area contributed by atoms with Gasteiger partial charge in [0.05, 0.1) is 0 Å². The molecule has 1 amide bonds. The van der Waals surface area contributed by atoms with Gasteiger partial charge in [-0.2, -0.15) is 11.3 Å². The fourth-order valence-electron chi connectivity index (χ4n) is 1.74. The van der Waals surface area contributed by atoms with Crippen molar-refractivity contribution in [2.24, 2.45) is 0 Å². The summed E-state index contributed by atoms with van der Waals surface area (Å²) < 4.78 is 0. The van der Waals surface area contributed by atoms with Crippen molar-refractivity contribution < 1.29 is 4.79 Å². The quantitative estimate of drug-likeness (QED) is 0.882. The van der Waals surface area contributed by atoms with Crippen LogP contribution in [0, 0.1) is 0 Å². The van der Waals surface area contributed by atoms with Crippen molar-refractivity contribution in [3.63, 3.8) is 0 Å². The SMILES string of the molecule is CC(Cc1ccsc1)NC(=O)c1n[nH]c(C(C)C)n1. The number of nitrogens with zero attached hydrogens (tertiary/aromatic N) is 2. The molecule has 2 rings (SSSR count). The van der Waals surface area contributed by atoms with E-state index < -0.39 is 0 Å². The van der Waals surface area contributed by atoms with Gasteiger partial charge in [0.2, 0.25) is 5.82 Å². The van der Waals surface area contributed by atoms with Crippen LogP contribution in [-0.4, -0.2) is 27.1 Å². The van der Waals surface area contributed by atoms with Crippen LogP contribution in [0.5, 0.6) is 0 Å². The molecule has 102 valence electrons. The number of aromatic amines is 1. The predicted molar refractivity (Wildman–Crippen MR) is 75.4 cm³/mol. The van der Waals surface area contributed by atoms with E-state index in [9.17, 15) is 4.79 Å². The molecule has 0 bridgehead atoms. The van der Waals surface area contributed by atoms with Crippen LogP contribution < -0.4 is 5.32 Å². The molecule has 1 unspecified atom stereocenters. The highest BCUT2D eigenvalue weighted by molar-refractivity contribution is 7.07. The van der Waals surface area contributed by atoms with Gasteiger partial charge in [-0.15, -0.1) is 5.10 Å². The monoisotopic (exact) mass is 278 g/mol. The number of thiophene rings is 1. The minimum absolute atomic E-state index is 0.0584. The first kappa shape index (κ1) is 13.7. The van der Waals surface area contributed by atoms with Gasteiger partial charge in [-0.25, -0.2) is 4.98 Å². The standard InChI is InChI=1S/C13H18N4OS/c1-8(2)11-15-12(17-16-11)13(18)14-9(3)6-10-4-5-19-7-10/h4-5,7-9H,6H2,1-3H3,(H,14,18)(H,15,16,17). The highest BCUT2D eigenvalue weighted by Gasteiger charge is 2.16. The molecule has 1 atom stereocenters. The molecule has 0 aliphatic carbocycles. The molecule has 5 nitrogen and oxygen atoms in total. The predicted octanol–water partition coefficient (Wildman–Crippen LogP) is 2.35. The van der Waals surface area contributed by atoms with E-state index >= 15 is 0 Å². The fourth-order valence-corrected chi connectivity index (χ4v) is 2.42. The van der Waals surface area contributed by atoms with E-state index in [2.05, 4.69) is 31.9 Å². The Morgan fingerprint density at radius 3 is 2.84 bits per heavy atom. The fraction of sp³-hybridized carbons (Fsp3) is 0.462. The largest absolute Gasteiger partial charge is 0.346 e. The number of hydrogen-bond acceptors (Lipinski definition) is 4. The lowest BCUT2D eigenvalue weighted by atomic mass is 10.1. The van der Waals surface area contributed by atoms with E-state index in [0.29, 0.717) is 0 Å². The van der Waals surface area contributed by atoms with Crippen LogP contribution in [0.25, 0.3) is 0 Å². The van der Waals surface area contributed by atoms with Crippen molar-refractivity contribution in [1.82, 2.24) is 20.5 Å². The average Bonchev–Trinajstić information content (AvgIpc) is 2.98. The van der Waals surface area contributed by atoms with Gasteiger partial charge in [0.25, 0.3) is 5.91 Å². The number of carbonyl (C=O) groups excluding carboxylic acids is 1. The third kappa shape index (κ3) is 3.64. The summed E-state index contributed by atoms with van der Waals surface area (Å²) in [6, 6.07) is 2.12. The molecule has 2 aromatic heterocycles. The summed E-state index contributed by atoms with van der Waals surface area (Å²) in [7, 11) is 0. The normalized spacial score (nSPS) is 12.6.